The van der Waals surface area contributed by atoms with Crippen molar-refractivity contribution in [2.45, 2.75) is 24.3 Å². The fraction of sp³-hybridized carbons (Fsp3) is 0.321. The summed E-state index contributed by atoms with van der Waals surface area (Å²) in [5, 5.41) is 8.81. The maximum Gasteiger partial charge on any atom is 0.303 e. The van der Waals surface area contributed by atoms with Gasteiger partial charge >= 0.3 is 5.97 Å². The number of piperazine rings is 1. The molecule has 0 amide bonds. The number of aryl methyl sites for hydroxylation is 1. The molecule has 1 aliphatic rings. The van der Waals surface area contributed by atoms with E-state index in [2.05, 4.69) is 50.9 Å². The molecule has 7 nitrogen and oxygen atoms in total. The number of nitrogens with zero attached hydrogens (tertiary/aromatic N) is 2. The van der Waals surface area contributed by atoms with E-state index < -0.39 is 5.97 Å². The summed E-state index contributed by atoms with van der Waals surface area (Å²) >= 11 is 1.55. The molecule has 1 aliphatic heterocycles. The first-order valence-corrected chi connectivity index (χ1v) is 12.9. The van der Waals surface area contributed by atoms with Gasteiger partial charge in [0, 0.05) is 55.4 Å². The summed E-state index contributed by atoms with van der Waals surface area (Å²) in [7, 11) is 3.33. The zero-order chi connectivity index (χ0) is 25.3. The molecule has 4 rings (SSSR count). The van der Waals surface area contributed by atoms with Crippen LogP contribution in [-0.4, -0.2) is 56.4 Å². The minimum Gasteiger partial charge on any atom is -0.493 e. The third-order valence-electron chi connectivity index (χ3n) is 6.30. The Labute approximate surface area is 217 Å². The second-order valence-corrected chi connectivity index (χ2v) is 9.62. The Hall–Kier alpha value is -3.36. The summed E-state index contributed by atoms with van der Waals surface area (Å²) in [5.41, 5.74) is 4.55. The molecule has 0 spiro atoms. The third kappa shape index (κ3) is 7.08. The van der Waals surface area contributed by atoms with Crippen LogP contribution >= 0.6 is 11.9 Å². The maximum absolute atomic E-state index is 10.7. The number of hydrogen-bond donors (Lipinski definition) is 2. The van der Waals surface area contributed by atoms with Crippen LogP contribution < -0.4 is 19.1 Å². The van der Waals surface area contributed by atoms with Crippen molar-refractivity contribution in [2.75, 3.05) is 50.0 Å². The topological polar surface area (TPSA) is 74.3 Å². The van der Waals surface area contributed by atoms with Crippen molar-refractivity contribution in [1.29, 1.82) is 0 Å². The first kappa shape index (κ1) is 25.7. The van der Waals surface area contributed by atoms with Gasteiger partial charge in [-0.1, -0.05) is 18.2 Å². The van der Waals surface area contributed by atoms with Crippen molar-refractivity contribution in [3.05, 3.63) is 77.9 Å². The molecule has 190 valence electrons. The average molecular weight is 508 g/mol. The van der Waals surface area contributed by atoms with Crippen molar-refractivity contribution in [3.63, 3.8) is 0 Å². The van der Waals surface area contributed by atoms with E-state index in [1.54, 1.807) is 26.2 Å². The van der Waals surface area contributed by atoms with Crippen molar-refractivity contribution >= 4 is 29.3 Å². The molecular weight excluding hydrogens is 474 g/mol. The number of carboxylic acid groups (broad SMARTS) is 1. The second kappa shape index (κ2) is 12.6. The molecule has 2 N–H and O–H groups in total. The third-order valence-corrected chi connectivity index (χ3v) is 7.14. The van der Waals surface area contributed by atoms with Crippen LogP contribution in [0, 0.1) is 0 Å². The number of nitrogens with one attached hydrogen (secondary N) is 1. The highest BCUT2D eigenvalue weighted by molar-refractivity contribution is 8.00. The van der Waals surface area contributed by atoms with Gasteiger partial charge < -0.3 is 24.2 Å². The predicted molar refractivity (Wildman–Crippen MR) is 145 cm³/mol. The number of benzene rings is 3. The Morgan fingerprint density at radius 3 is 2.19 bits per heavy atom. The van der Waals surface area contributed by atoms with E-state index >= 15 is 0 Å². The van der Waals surface area contributed by atoms with Crippen LogP contribution in [0.15, 0.2) is 71.6 Å². The molecule has 0 saturated carbocycles. The van der Waals surface area contributed by atoms with Gasteiger partial charge in [-0.25, -0.2) is 0 Å². The summed E-state index contributed by atoms with van der Waals surface area (Å²) in [6, 6.07) is 22.7. The van der Waals surface area contributed by atoms with Gasteiger partial charge in [0.15, 0.2) is 11.5 Å². The largest absolute Gasteiger partial charge is 0.493 e. The maximum atomic E-state index is 10.7. The van der Waals surface area contributed by atoms with Crippen LogP contribution in [0.5, 0.6) is 11.5 Å². The van der Waals surface area contributed by atoms with Gasteiger partial charge in [-0.3, -0.25) is 9.69 Å². The Kier molecular flexibility index (Phi) is 8.97. The van der Waals surface area contributed by atoms with Gasteiger partial charge in [0.05, 0.1) is 14.2 Å². The molecule has 3 aromatic rings. The number of anilines is 2. The first-order valence-electron chi connectivity index (χ1n) is 12.1. The lowest BCUT2D eigenvalue weighted by Crippen LogP contribution is -2.45. The molecule has 0 bridgehead atoms. The second-order valence-electron chi connectivity index (χ2n) is 8.74. The van der Waals surface area contributed by atoms with E-state index in [0.717, 1.165) is 60.4 Å². The Morgan fingerprint density at radius 2 is 1.56 bits per heavy atom. The van der Waals surface area contributed by atoms with Crippen molar-refractivity contribution < 1.29 is 19.4 Å². The van der Waals surface area contributed by atoms with E-state index in [4.69, 9.17) is 14.6 Å². The molecule has 0 radical (unpaired) electrons. The monoisotopic (exact) mass is 507 g/mol. The number of hydrogen-bond acceptors (Lipinski definition) is 7. The Morgan fingerprint density at radius 1 is 0.889 bits per heavy atom. The molecule has 1 saturated heterocycles. The minimum absolute atomic E-state index is 0.157. The lowest BCUT2D eigenvalue weighted by molar-refractivity contribution is -0.136. The SMILES string of the molecule is COc1ccc(CN2CCN(c3ccc(NSc4ccc(CCC(=O)O)cc4)cc3)CC2)cc1OC. The normalized spacial score (nSPS) is 13.9. The summed E-state index contributed by atoms with van der Waals surface area (Å²) < 4.78 is 14.2. The molecule has 1 fully saturated rings. The zero-order valence-corrected chi connectivity index (χ0v) is 21.6. The highest BCUT2D eigenvalue weighted by Gasteiger charge is 2.18. The van der Waals surface area contributed by atoms with Crippen LogP contribution in [0.3, 0.4) is 0 Å². The highest BCUT2D eigenvalue weighted by Crippen LogP contribution is 2.29. The number of ether oxygens (including phenoxy) is 2. The minimum atomic E-state index is -0.768. The van der Waals surface area contributed by atoms with Gasteiger partial charge in [-0.05, 0) is 78.0 Å². The van der Waals surface area contributed by atoms with Gasteiger partial charge in [-0.15, -0.1) is 0 Å². The average Bonchev–Trinajstić information content (AvgIpc) is 2.92. The van der Waals surface area contributed by atoms with Crippen LogP contribution in [0.2, 0.25) is 0 Å². The molecule has 1 heterocycles. The fourth-order valence-electron chi connectivity index (χ4n) is 4.23. The molecular formula is C28H33N3O4S. The van der Waals surface area contributed by atoms with Crippen LogP contribution in [0.25, 0.3) is 0 Å². The molecule has 0 aliphatic carbocycles. The van der Waals surface area contributed by atoms with E-state index in [1.807, 2.05) is 30.3 Å². The van der Waals surface area contributed by atoms with Gasteiger partial charge in [0.1, 0.15) is 0 Å². The summed E-state index contributed by atoms with van der Waals surface area (Å²) in [4.78, 5) is 16.7. The smallest absolute Gasteiger partial charge is 0.303 e. The van der Waals surface area contributed by atoms with Crippen molar-refractivity contribution in [3.8, 4) is 11.5 Å². The number of methoxy groups -OCH3 is 2. The Bertz CT molecular complexity index is 1130. The lowest BCUT2D eigenvalue weighted by Gasteiger charge is -2.36. The van der Waals surface area contributed by atoms with E-state index in [9.17, 15) is 4.79 Å². The van der Waals surface area contributed by atoms with Gasteiger partial charge in [-0.2, -0.15) is 0 Å². The zero-order valence-electron chi connectivity index (χ0n) is 20.8. The molecule has 0 atom stereocenters. The number of aliphatic carboxylic acids is 1. The van der Waals surface area contributed by atoms with E-state index in [0.29, 0.717) is 6.42 Å². The van der Waals surface area contributed by atoms with Crippen LogP contribution in [-0.2, 0) is 17.8 Å². The van der Waals surface area contributed by atoms with Crippen LogP contribution in [0.4, 0.5) is 11.4 Å². The van der Waals surface area contributed by atoms with Gasteiger partial charge in [0.25, 0.3) is 0 Å². The molecule has 36 heavy (non-hydrogen) atoms. The van der Waals surface area contributed by atoms with Gasteiger partial charge in [0.2, 0.25) is 0 Å². The molecule has 8 heteroatoms. The quantitative estimate of drug-likeness (QED) is 0.345. The molecule has 0 aromatic heterocycles. The van der Waals surface area contributed by atoms with Crippen molar-refractivity contribution in [2.24, 2.45) is 0 Å². The number of rotatable bonds is 11. The lowest BCUT2D eigenvalue weighted by atomic mass is 10.1. The predicted octanol–water partition coefficient (Wildman–Crippen LogP) is 5.16. The fourth-order valence-corrected chi connectivity index (χ4v) is 4.88. The summed E-state index contributed by atoms with van der Waals surface area (Å²) in [6.07, 6.45) is 0.712. The van der Waals surface area contributed by atoms with Crippen LogP contribution in [0.1, 0.15) is 17.5 Å². The van der Waals surface area contributed by atoms with E-state index in [1.165, 1.54) is 11.3 Å². The van der Waals surface area contributed by atoms with Crippen molar-refractivity contribution in [1.82, 2.24) is 4.90 Å². The molecule has 0 unspecified atom stereocenters. The highest BCUT2D eigenvalue weighted by atomic mass is 32.2. The Balaban J connectivity index is 1.23. The summed E-state index contributed by atoms with van der Waals surface area (Å²) in [6.45, 7) is 4.89. The summed E-state index contributed by atoms with van der Waals surface area (Å²) in [5.74, 6) is 0.761. The first-order chi connectivity index (χ1) is 17.5. The number of carboxylic acids is 1. The number of carbonyl (C=O) groups is 1. The standard InChI is InChI=1S/C28H33N3O4S/c1-34-26-13-5-22(19-27(26)35-2)20-30-15-17-31(18-16-30)24-9-7-23(8-10-24)29-36-25-11-3-21(4-12-25)6-14-28(32)33/h3-5,7-13,19,29H,6,14-18,20H2,1-2H3,(H,32,33). The van der Waals surface area contributed by atoms with E-state index in [-0.39, 0.29) is 6.42 Å². The molecule has 3 aromatic carbocycles.